The number of rotatable bonds is 3. The van der Waals surface area contributed by atoms with Crippen molar-refractivity contribution in [1.29, 1.82) is 0 Å². The van der Waals surface area contributed by atoms with E-state index >= 15 is 0 Å². The number of nitrogens with zero attached hydrogens (tertiary/aromatic N) is 1. The van der Waals surface area contributed by atoms with Gasteiger partial charge < -0.3 is 24.0 Å². The van der Waals surface area contributed by atoms with Gasteiger partial charge in [-0.1, -0.05) is 15.9 Å². The normalized spacial score (nSPS) is 11.5. The highest BCUT2D eigenvalue weighted by Gasteiger charge is 2.17. The van der Waals surface area contributed by atoms with Crippen LogP contribution in [-0.4, -0.2) is 10.5 Å². The van der Waals surface area contributed by atoms with Crippen LogP contribution in [0.5, 0.6) is 0 Å². The van der Waals surface area contributed by atoms with Crippen LogP contribution in [0.2, 0.25) is 0 Å². The minimum absolute atomic E-state index is 0.155. The molecular weight excluding hydrogens is 359 g/mol. The highest BCUT2D eigenvalue weighted by Crippen LogP contribution is 2.24. The Morgan fingerprint density at radius 2 is 1.81 bits per heavy atom. The third-order valence-electron chi connectivity index (χ3n) is 3.00. The second-order valence-electron chi connectivity index (χ2n) is 4.54. The molecule has 0 saturated carbocycles. The summed E-state index contributed by atoms with van der Waals surface area (Å²) in [5.74, 6) is -0.917. The minimum atomic E-state index is -5.11. The van der Waals surface area contributed by atoms with Crippen LogP contribution in [0.3, 0.4) is 0 Å². The third-order valence-corrected chi connectivity index (χ3v) is 4.00. The first-order valence-electron chi connectivity index (χ1n) is 5.98. The van der Waals surface area contributed by atoms with E-state index in [9.17, 15) is 19.1 Å². The average Bonchev–Trinajstić information content (AvgIpc) is 2.64. The molecule has 0 bridgehead atoms. The second kappa shape index (κ2) is 5.77. The van der Waals surface area contributed by atoms with Gasteiger partial charge in [-0.15, -0.1) is 0 Å². The fraction of sp³-hybridized carbons (Fsp3) is 0.154. The van der Waals surface area contributed by atoms with E-state index in [4.69, 9.17) is 0 Å². The van der Waals surface area contributed by atoms with E-state index in [2.05, 4.69) is 15.9 Å². The van der Waals surface area contributed by atoms with Gasteiger partial charge in [0.05, 0.1) is 5.56 Å². The van der Waals surface area contributed by atoms with Gasteiger partial charge >= 0.3 is 0 Å². The van der Waals surface area contributed by atoms with Gasteiger partial charge in [0.2, 0.25) is 0 Å². The number of carbonyl (C=O) groups excluding carboxylic acids is 1. The molecule has 0 unspecified atom stereocenters. The molecule has 0 radical (unpaired) electrons. The second-order valence-corrected chi connectivity index (χ2v) is 6.67. The number of aromatic nitrogens is 1. The zero-order chi connectivity index (χ0) is 15.8. The van der Waals surface area contributed by atoms with Crippen molar-refractivity contribution < 1.29 is 19.1 Å². The van der Waals surface area contributed by atoms with Crippen LogP contribution < -0.4 is 14.9 Å². The lowest BCUT2D eigenvalue weighted by atomic mass is 10.2. The lowest BCUT2D eigenvalue weighted by molar-refractivity contribution is -0.316. The first-order chi connectivity index (χ1) is 9.69. The zero-order valence-electron chi connectivity index (χ0n) is 11.3. The number of hydrogen-bond donors (Lipinski definition) is 1. The van der Waals surface area contributed by atoms with E-state index < -0.39 is 13.7 Å². The van der Waals surface area contributed by atoms with Crippen LogP contribution in [0.25, 0.3) is 5.69 Å². The molecule has 2 rings (SSSR count). The number of amides is 1. The number of aryl methyl sites for hydroxylation is 1. The Morgan fingerprint density at radius 1 is 1.24 bits per heavy atom. The van der Waals surface area contributed by atoms with Crippen molar-refractivity contribution in [3.8, 4) is 5.69 Å². The van der Waals surface area contributed by atoms with Gasteiger partial charge in [0.25, 0.3) is 5.91 Å². The quantitative estimate of drug-likeness (QED) is 0.826. The molecule has 1 N–H and O–H groups in total. The van der Waals surface area contributed by atoms with Crippen molar-refractivity contribution in [1.82, 2.24) is 9.65 Å². The molecule has 8 heteroatoms. The van der Waals surface area contributed by atoms with Gasteiger partial charge in [-0.3, -0.25) is 4.79 Å². The monoisotopic (exact) mass is 370 g/mol. The highest BCUT2D eigenvalue weighted by molar-refractivity contribution is 9.10. The molecule has 21 heavy (non-hydrogen) atoms. The SMILES string of the molecule is Cc1cc(C(=O)NP(=O)([O-])[O-])c(C)n1-c1ccc(Br)cc1. The van der Waals surface area contributed by atoms with Crippen LogP contribution in [0.15, 0.2) is 34.8 Å². The predicted octanol–water partition coefficient (Wildman–Crippen LogP) is 1.42. The molecule has 1 aromatic heterocycles. The Hall–Kier alpha value is -1.40. The summed E-state index contributed by atoms with van der Waals surface area (Å²) in [5.41, 5.74) is 2.30. The van der Waals surface area contributed by atoms with Gasteiger partial charge in [0, 0.05) is 29.3 Å². The maximum Gasteiger partial charge on any atom is 0.256 e. The summed E-state index contributed by atoms with van der Waals surface area (Å²) < 4.78 is 13.4. The Balaban J connectivity index is 2.45. The molecule has 1 aromatic carbocycles. The summed E-state index contributed by atoms with van der Waals surface area (Å²) in [5, 5.41) is 1.46. The maximum atomic E-state index is 11.8. The number of benzene rings is 1. The molecule has 0 atom stereocenters. The molecule has 112 valence electrons. The van der Waals surface area contributed by atoms with Gasteiger partial charge in [-0.2, -0.15) is 0 Å². The van der Waals surface area contributed by atoms with Crippen molar-refractivity contribution >= 4 is 29.6 Å². The minimum Gasteiger partial charge on any atom is -0.795 e. The van der Waals surface area contributed by atoms with Crippen LogP contribution >= 0.6 is 23.7 Å². The largest absolute Gasteiger partial charge is 0.795 e. The molecule has 0 aliphatic rings. The molecule has 0 saturated heterocycles. The number of hydrogen-bond acceptors (Lipinski definition) is 4. The topological polar surface area (TPSA) is 97.2 Å². The molecule has 0 aliphatic heterocycles. The van der Waals surface area contributed by atoms with Crippen molar-refractivity contribution in [3.63, 3.8) is 0 Å². The number of nitrogens with one attached hydrogen (secondary N) is 1. The van der Waals surface area contributed by atoms with Crippen molar-refractivity contribution in [2.75, 3.05) is 0 Å². The fourth-order valence-electron chi connectivity index (χ4n) is 2.16. The average molecular weight is 371 g/mol. The Kier molecular flexibility index (Phi) is 4.39. The van der Waals surface area contributed by atoms with Gasteiger partial charge in [0.1, 0.15) is 0 Å². The number of halogens is 1. The summed E-state index contributed by atoms with van der Waals surface area (Å²) in [6.45, 7) is 3.48. The van der Waals surface area contributed by atoms with Crippen molar-refractivity contribution in [3.05, 3.63) is 51.8 Å². The first kappa shape index (κ1) is 16.0. The van der Waals surface area contributed by atoms with Crippen LogP contribution in [0.1, 0.15) is 21.7 Å². The first-order valence-corrected chi connectivity index (χ1v) is 8.32. The fourth-order valence-corrected chi connectivity index (χ4v) is 2.80. The van der Waals surface area contributed by atoms with Crippen molar-refractivity contribution in [2.24, 2.45) is 0 Å². The van der Waals surface area contributed by atoms with E-state index in [0.717, 1.165) is 15.9 Å². The standard InChI is InChI=1S/C13H14BrN2O4P/c1-8-7-12(13(17)15-21(18,19)20)9(2)16(8)11-5-3-10(14)4-6-11/h3-7H,1-2H3,(H3,15,17,18,19,20)/p-2. The predicted molar refractivity (Wildman–Crippen MR) is 78.0 cm³/mol. The molecule has 2 aromatic rings. The van der Waals surface area contributed by atoms with Crippen LogP contribution in [-0.2, 0) is 4.57 Å². The van der Waals surface area contributed by atoms with E-state index in [-0.39, 0.29) is 5.56 Å². The van der Waals surface area contributed by atoms with Crippen LogP contribution in [0, 0.1) is 13.8 Å². The molecule has 0 spiro atoms. The van der Waals surface area contributed by atoms with E-state index in [1.54, 1.807) is 19.9 Å². The van der Waals surface area contributed by atoms with Crippen LogP contribution in [0.4, 0.5) is 0 Å². The zero-order valence-corrected chi connectivity index (χ0v) is 13.8. The summed E-state index contributed by atoms with van der Waals surface area (Å²) in [6.07, 6.45) is 0. The lowest BCUT2D eigenvalue weighted by Gasteiger charge is -2.29. The highest BCUT2D eigenvalue weighted by atomic mass is 79.9. The van der Waals surface area contributed by atoms with E-state index in [0.29, 0.717) is 5.69 Å². The smallest absolute Gasteiger partial charge is 0.256 e. The molecule has 1 heterocycles. The molecule has 6 nitrogen and oxygen atoms in total. The molecule has 0 aliphatic carbocycles. The van der Waals surface area contributed by atoms with Gasteiger partial charge in [0.15, 0.2) is 0 Å². The van der Waals surface area contributed by atoms with E-state index in [1.807, 2.05) is 28.8 Å². The maximum absolute atomic E-state index is 11.8. The Bertz CT molecular complexity index is 733. The van der Waals surface area contributed by atoms with Crippen molar-refractivity contribution in [2.45, 2.75) is 13.8 Å². The third kappa shape index (κ3) is 3.63. The Morgan fingerprint density at radius 3 is 2.33 bits per heavy atom. The lowest BCUT2D eigenvalue weighted by Crippen LogP contribution is -2.32. The molecule has 0 fully saturated rings. The summed E-state index contributed by atoms with van der Waals surface area (Å²) in [7, 11) is -5.11. The summed E-state index contributed by atoms with van der Waals surface area (Å²) in [6, 6.07) is 8.98. The summed E-state index contributed by atoms with van der Waals surface area (Å²) >= 11 is 3.34. The van der Waals surface area contributed by atoms with Gasteiger partial charge in [-0.25, -0.2) is 0 Å². The molecular formula is C13H12BrN2O4P-2. The number of carbonyl (C=O) groups is 1. The summed E-state index contributed by atoms with van der Waals surface area (Å²) in [4.78, 5) is 33.1. The Labute approximate surface area is 130 Å². The van der Waals surface area contributed by atoms with Gasteiger partial charge in [-0.05, 0) is 44.2 Å². The van der Waals surface area contributed by atoms with E-state index in [1.165, 1.54) is 5.09 Å². The molecule has 1 amide bonds.